The molecule has 40 heavy (non-hydrogen) atoms. The van der Waals surface area contributed by atoms with Crippen molar-refractivity contribution in [3.63, 3.8) is 0 Å². The Morgan fingerprint density at radius 1 is 1.05 bits per heavy atom. The third-order valence-electron chi connectivity index (χ3n) is 6.37. The van der Waals surface area contributed by atoms with Gasteiger partial charge in [0.2, 0.25) is 5.60 Å². The van der Waals surface area contributed by atoms with E-state index >= 15 is 0 Å². The Balaban J connectivity index is 1.80. The van der Waals surface area contributed by atoms with E-state index in [0.717, 1.165) is 11.1 Å². The number of oxime groups is 1. The Kier molecular flexibility index (Phi) is 10.5. The van der Waals surface area contributed by atoms with Crippen LogP contribution in [0.5, 0.6) is 0 Å². The van der Waals surface area contributed by atoms with Crippen LogP contribution in [0.1, 0.15) is 37.8 Å². The number of carboxylic acids is 1. The molecule has 0 spiro atoms. The lowest BCUT2D eigenvalue weighted by atomic mass is 9.84. The Bertz CT molecular complexity index is 1240. The second-order valence-electron chi connectivity index (χ2n) is 9.84. The van der Waals surface area contributed by atoms with Crippen LogP contribution in [0, 0.1) is 11.4 Å². The van der Waals surface area contributed by atoms with Gasteiger partial charge < -0.3 is 25.3 Å². The molecular weight excluding hydrogens is 518 g/mol. The molecule has 0 aromatic heterocycles. The maximum Gasteiger partial charge on any atom is 0.408 e. The molecule has 1 heterocycles. The predicted octanol–water partition coefficient (Wildman–Crippen LogP) is 3.25. The molecule has 2 aromatic rings. The van der Waals surface area contributed by atoms with E-state index in [0.29, 0.717) is 5.71 Å². The summed E-state index contributed by atoms with van der Waals surface area (Å²) in [6.45, 7) is 3.24. The first-order chi connectivity index (χ1) is 19.1. The van der Waals surface area contributed by atoms with Crippen LogP contribution in [0.25, 0.3) is 0 Å². The molecule has 3 rings (SSSR count). The molecule has 0 saturated heterocycles. The Morgan fingerprint density at radius 3 is 2.25 bits per heavy atom. The van der Waals surface area contributed by atoms with Crippen LogP contribution >= 0.6 is 0 Å². The fraction of sp³-hybridized carbons (Fsp3) is 0.393. The molecule has 0 aliphatic carbocycles. The van der Waals surface area contributed by atoms with Gasteiger partial charge in [0, 0.05) is 12.8 Å². The third-order valence-corrected chi connectivity index (χ3v) is 6.37. The van der Waals surface area contributed by atoms with Gasteiger partial charge in [-0.05, 0) is 17.0 Å². The molecule has 212 valence electrons. The smallest absolute Gasteiger partial charge is 0.408 e. The summed E-state index contributed by atoms with van der Waals surface area (Å²) < 4.78 is 5.36. The number of hydrogen-bond acceptors (Lipinski definition) is 9. The van der Waals surface area contributed by atoms with E-state index < -0.39 is 54.4 Å². The van der Waals surface area contributed by atoms with Gasteiger partial charge in [-0.25, -0.2) is 10.3 Å². The normalized spacial score (nSPS) is 17.6. The average Bonchev–Trinajstić information content (AvgIpc) is 3.35. The van der Waals surface area contributed by atoms with Crippen LogP contribution in [0.3, 0.4) is 0 Å². The number of nitrogens with one attached hydrogen (secondary N) is 3. The SMILES string of the molecule is CC(C)C(NC(=O)OCc1ccccc1)C1=NOC(Cc2ccccc2)(C(=O)N[C@@H](CC(=O)O)C(=O)CN=N)C1. The van der Waals surface area contributed by atoms with Crippen LogP contribution in [-0.2, 0) is 37.0 Å². The number of Topliss-reactive ketones (excluding diaryl/α,β-unsaturated/α-hetero) is 1. The molecule has 3 atom stereocenters. The summed E-state index contributed by atoms with van der Waals surface area (Å²) in [6.07, 6.45) is -1.32. The molecule has 0 saturated carbocycles. The van der Waals surface area contributed by atoms with E-state index in [2.05, 4.69) is 20.9 Å². The first kappa shape index (κ1) is 29.9. The molecule has 4 N–H and O–H groups in total. The lowest BCUT2D eigenvalue weighted by Gasteiger charge is -2.28. The minimum absolute atomic E-state index is 0.0354. The first-order valence-electron chi connectivity index (χ1n) is 12.8. The molecule has 1 aliphatic heterocycles. The number of rotatable bonds is 14. The van der Waals surface area contributed by atoms with E-state index in [9.17, 15) is 24.3 Å². The zero-order valence-corrected chi connectivity index (χ0v) is 22.3. The number of alkyl carbamates (subject to hydrolysis) is 1. The van der Waals surface area contributed by atoms with E-state index in [1.165, 1.54) is 0 Å². The molecular formula is C28H33N5O7. The third kappa shape index (κ3) is 8.19. The Morgan fingerprint density at radius 2 is 1.68 bits per heavy atom. The fourth-order valence-electron chi connectivity index (χ4n) is 4.32. The van der Waals surface area contributed by atoms with Gasteiger partial charge in [0.1, 0.15) is 19.2 Å². The van der Waals surface area contributed by atoms with E-state index in [1.54, 1.807) is 24.3 Å². The van der Waals surface area contributed by atoms with Crippen molar-refractivity contribution < 1.29 is 33.9 Å². The minimum Gasteiger partial charge on any atom is -0.481 e. The van der Waals surface area contributed by atoms with Crippen molar-refractivity contribution >= 4 is 29.5 Å². The highest BCUT2D eigenvalue weighted by molar-refractivity contribution is 6.01. The highest BCUT2D eigenvalue weighted by Crippen LogP contribution is 2.31. The van der Waals surface area contributed by atoms with Gasteiger partial charge in [-0.15, -0.1) is 0 Å². The standard InChI is InChI=1S/C28H33N5O7/c1-18(2)25(32-27(38)39-17-20-11-7-4-8-12-20)22-15-28(40-33-22,14-19-9-5-3-6-10-19)26(37)31-21(13-24(35)36)23(34)16-30-29/h3-12,18,21,25,29H,13-17H2,1-2H3,(H,31,37)(H,32,38)(H,35,36)/t21-,25?,28?/m0/s1. The largest absolute Gasteiger partial charge is 0.481 e. The van der Waals surface area contributed by atoms with Crippen LogP contribution in [-0.4, -0.2) is 58.8 Å². The summed E-state index contributed by atoms with van der Waals surface area (Å²) >= 11 is 0. The molecule has 2 aromatic carbocycles. The number of carboxylic acid groups (broad SMARTS) is 1. The van der Waals surface area contributed by atoms with Gasteiger partial charge >= 0.3 is 12.1 Å². The van der Waals surface area contributed by atoms with E-state index in [-0.39, 0.29) is 25.4 Å². The number of carbonyl (C=O) groups excluding carboxylic acids is 3. The molecule has 12 nitrogen and oxygen atoms in total. The number of ketones is 1. The summed E-state index contributed by atoms with van der Waals surface area (Å²) in [5.41, 5.74) is 7.29. The van der Waals surface area contributed by atoms with Crippen molar-refractivity contribution in [3.8, 4) is 0 Å². The number of ether oxygens (including phenoxy) is 1. The predicted molar refractivity (Wildman–Crippen MR) is 144 cm³/mol. The van der Waals surface area contributed by atoms with Crippen LogP contribution < -0.4 is 10.6 Å². The zero-order valence-electron chi connectivity index (χ0n) is 22.3. The zero-order chi connectivity index (χ0) is 29.1. The highest BCUT2D eigenvalue weighted by atomic mass is 16.7. The summed E-state index contributed by atoms with van der Waals surface area (Å²) in [6, 6.07) is 16.2. The van der Waals surface area contributed by atoms with Gasteiger partial charge in [0.15, 0.2) is 5.78 Å². The van der Waals surface area contributed by atoms with Crippen molar-refractivity contribution in [2.45, 2.75) is 57.4 Å². The molecule has 0 bridgehead atoms. The fourth-order valence-corrected chi connectivity index (χ4v) is 4.32. The highest BCUT2D eigenvalue weighted by Gasteiger charge is 2.49. The van der Waals surface area contributed by atoms with Crippen molar-refractivity contribution in [2.24, 2.45) is 16.2 Å². The molecule has 1 aliphatic rings. The topological polar surface area (TPSA) is 180 Å². The second kappa shape index (κ2) is 14.0. The molecule has 0 fully saturated rings. The molecule has 0 radical (unpaired) electrons. The first-order valence-corrected chi connectivity index (χ1v) is 12.8. The quantitative estimate of drug-likeness (QED) is 0.260. The van der Waals surface area contributed by atoms with Crippen molar-refractivity contribution in [2.75, 3.05) is 6.54 Å². The number of amides is 2. The van der Waals surface area contributed by atoms with Gasteiger partial charge in [-0.2, -0.15) is 5.11 Å². The lowest BCUT2D eigenvalue weighted by Crippen LogP contribution is -2.55. The number of carbonyl (C=O) groups is 4. The number of aliphatic carboxylic acids is 1. The molecule has 12 heteroatoms. The maximum atomic E-state index is 13.6. The lowest BCUT2D eigenvalue weighted by molar-refractivity contribution is -0.147. The number of benzene rings is 2. The van der Waals surface area contributed by atoms with Crippen molar-refractivity contribution in [1.29, 1.82) is 5.53 Å². The van der Waals surface area contributed by atoms with Gasteiger partial charge in [-0.1, -0.05) is 79.7 Å². The van der Waals surface area contributed by atoms with Crippen molar-refractivity contribution in [1.82, 2.24) is 10.6 Å². The van der Waals surface area contributed by atoms with E-state index in [1.807, 2.05) is 50.2 Å². The summed E-state index contributed by atoms with van der Waals surface area (Å²) in [7, 11) is 0. The summed E-state index contributed by atoms with van der Waals surface area (Å²) in [5.74, 6) is -2.92. The molecule has 2 amide bonds. The van der Waals surface area contributed by atoms with E-state index in [4.69, 9.17) is 15.1 Å². The Hall–Kier alpha value is -4.61. The summed E-state index contributed by atoms with van der Waals surface area (Å²) in [5, 5.41) is 21.8. The maximum absolute atomic E-state index is 13.6. The van der Waals surface area contributed by atoms with Crippen molar-refractivity contribution in [3.05, 3.63) is 71.8 Å². The minimum atomic E-state index is -1.62. The van der Waals surface area contributed by atoms with Crippen LogP contribution in [0.4, 0.5) is 4.79 Å². The van der Waals surface area contributed by atoms with Crippen LogP contribution in [0.15, 0.2) is 70.9 Å². The monoisotopic (exact) mass is 551 g/mol. The average molecular weight is 552 g/mol. The second-order valence-corrected chi connectivity index (χ2v) is 9.84. The molecule has 2 unspecified atom stereocenters. The van der Waals surface area contributed by atoms with Gasteiger partial charge in [0.25, 0.3) is 5.91 Å². The number of nitrogens with zero attached hydrogens (tertiary/aromatic N) is 2. The summed E-state index contributed by atoms with van der Waals surface area (Å²) in [4.78, 5) is 55.8. The van der Waals surface area contributed by atoms with Gasteiger partial charge in [0.05, 0.1) is 18.2 Å². The Labute approximate surface area is 231 Å². The number of hydrogen-bond donors (Lipinski definition) is 4. The van der Waals surface area contributed by atoms with Gasteiger partial charge in [-0.3, -0.25) is 14.4 Å². The van der Waals surface area contributed by atoms with Crippen LogP contribution in [0.2, 0.25) is 0 Å².